The monoisotopic (exact) mass is 315 g/mol. The van der Waals surface area contributed by atoms with Gasteiger partial charge in [0.25, 0.3) is 5.91 Å². The van der Waals surface area contributed by atoms with E-state index in [1.807, 2.05) is 13.1 Å². The molecule has 122 valence electrons. The Hall–Kier alpha value is -2.34. The van der Waals surface area contributed by atoms with Gasteiger partial charge in [-0.1, -0.05) is 12.1 Å². The number of aliphatic hydroxyl groups excluding tert-OH is 1. The number of carbonyl (C=O) groups is 1. The molecule has 2 N–H and O–H groups in total. The lowest BCUT2D eigenvalue weighted by Gasteiger charge is -2.25. The van der Waals surface area contributed by atoms with E-state index >= 15 is 0 Å². The van der Waals surface area contributed by atoms with Gasteiger partial charge >= 0.3 is 0 Å². The van der Waals surface area contributed by atoms with Crippen molar-refractivity contribution in [3.63, 3.8) is 0 Å². The first-order chi connectivity index (χ1) is 11.1. The molecule has 6 heteroatoms. The third-order valence-electron chi connectivity index (χ3n) is 4.12. The second kappa shape index (κ2) is 6.42. The Morgan fingerprint density at radius 2 is 2.35 bits per heavy atom. The number of methoxy groups -OCH3 is 1. The van der Waals surface area contributed by atoms with Gasteiger partial charge in [0.05, 0.1) is 12.8 Å². The van der Waals surface area contributed by atoms with Gasteiger partial charge in [0.15, 0.2) is 6.10 Å². The van der Waals surface area contributed by atoms with Crippen molar-refractivity contribution >= 4 is 5.91 Å². The number of nitrogens with one attached hydrogen (secondary N) is 1. The number of nitrogens with zero attached hydrogens (tertiary/aromatic N) is 2. The van der Waals surface area contributed by atoms with Crippen molar-refractivity contribution in [2.45, 2.75) is 38.5 Å². The van der Waals surface area contributed by atoms with Gasteiger partial charge in [-0.25, -0.2) is 4.98 Å². The van der Waals surface area contributed by atoms with Crippen LogP contribution >= 0.6 is 0 Å². The van der Waals surface area contributed by atoms with Crippen LogP contribution in [0.1, 0.15) is 29.6 Å². The molecule has 0 bridgehead atoms. The molecule has 23 heavy (non-hydrogen) atoms. The Morgan fingerprint density at radius 1 is 1.52 bits per heavy atom. The summed E-state index contributed by atoms with van der Waals surface area (Å²) < 4.78 is 7.19. The van der Waals surface area contributed by atoms with Gasteiger partial charge in [-0.15, -0.1) is 0 Å². The summed E-state index contributed by atoms with van der Waals surface area (Å²) in [4.78, 5) is 16.8. The maximum atomic E-state index is 12.3. The van der Waals surface area contributed by atoms with E-state index in [2.05, 4.69) is 14.9 Å². The highest BCUT2D eigenvalue weighted by Crippen LogP contribution is 2.20. The first-order valence-electron chi connectivity index (χ1n) is 7.72. The topological polar surface area (TPSA) is 76.4 Å². The number of hydrogen-bond donors (Lipinski definition) is 2. The highest BCUT2D eigenvalue weighted by Gasteiger charge is 2.25. The van der Waals surface area contributed by atoms with Gasteiger partial charge in [0, 0.05) is 25.2 Å². The molecule has 2 atom stereocenters. The minimum Gasteiger partial charge on any atom is -0.497 e. The fourth-order valence-corrected chi connectivity index (χ4v) is 2.95. The molecule has 1 amide bonds. The normalized spacial score (nSPS) is 18.1. The smallest absolute Gasteiger partial charge is 0.253 e. The summed E-state index contributed by atoms with van der Waals surface area (Å²) in [5, 5.41) is 13.2. The van der Waals surface area contributed by atoms with E-state index < -0.39 is 6.10 Å². The second-order valence-electron chi connectivity index (χ2n) is 5.87. The number of benzene rings is 1. The van der Waals surface area contributed by atoms with Crippen molar-refractivity contribution in [2.75, 3.05) is 7.11 Å². The van der Waals surface area contributed by atoms with Crippen molar-refractivity contribution < 1.29 is 14.6 Å². The van der Waals surface area contributed by atoms with E-state index in [0.29, 0.717) is 17.9 Å². The summed E-state index contributed by atoms with van der Waals surface area (Å²) in [7, 11) is 1.55. The molecule has 0 aliphatic carbocycles. The lowest BCUT2D eigenvalue weighted by atomic mass is 10.0. The lowest BCUT2D eigenvalue weighted by Crippen LogP contribution is -2.43. The molecule has 2 aromatic rings. The van der Waals surface area contributed by atoms with Gasteiger partial charge in [-0.2, -0.15) is 0 Å². The number of fused-ring (bicyclic) bond motifs is 1. The third kappa shape index (κ3) is 3.37. The Balaban J connectivity index is 1.65. The van der Waals surface area contributed by atoms with Crippen LogP contribution in [-0.4, -0.2) is 33.7 Å². The van der Waals surface area contributed by atoms with E-state index in [0.717, 1.165) is 24.4 Å². The van der Waals surface area contributed by atoms with Gasteiger partial charge in [0.2, 0.25) is 0 Å². The van der Waals surface area contributed by atoms with Gasteiger partial charge in [-0.05, 0) is 31.0 Å². The van der Waals surface area contributed by atoms with Crippen LogP contribution in [0.3, 0.4) is 0 Å². The highest BCUT2D eigenvalue weighted by atomic mass is 16.5. The molecule has 1 aliphatic rings. The van der Waals surface area contributed by atoms with E-state index in [1.165, 1.54) is 0 Å². The van der Waals surface area contributed by atoms with E-state index in [4.69, 9.17) is 4.74 Å². The summed E-state index contributed by atoms with van der Waals surface area (Å²) in [5.41, 5.74) is 1.51. The maximum Gasteiger partial charge on any atom is 0.253 e. The number of rotatable bonds is 4. The number of aromatic nitrogens is 2. The zero-order valence-corrected chi connectivity index (χ0v) is 13.3. The molecule has 2 heterocycles. The fraction of sp³-hybridized carbons (Fsp3) is 0.412. The van der Waals surface area contributed by atoms with E-state index in [-0.39, 0.29) is 11.9 Å². The summed E-state index contributed by atoms with van der Waals surface area (Å²) in [5.74, 6) is 1.29. The van der Waals surface area contributed by atoms with Crippen LogP contribution in [-0.2, 0) is 17.8 Å². The van der Waals surface area contributed by atoms with Crippen LogP contribution in [0.5, 0.6) is 5.75 Å². The number of imidazole rings is 1. The average molecular weight is 315 g/mol. The molecule has 1 aliphatic heterocycles. The molecule has 0 radical (unpaired) electrons. The molecule has 1 aromatic carbocycles. The number of aliphatic hydroxyl groups is 1. The van der Waals surface area contributed by atoms with Gasteiger partial charge in [-0.3, -0.25) is 4.79 Å². The molecule has 0 saturated carbocycles. The Kier molecular flexibility index (Phi) is 4.34. The zero-order valence-electron chi connectivity index (χ0n) is 13.3. The fourth-order valence-electron chi connectivity index (χ4n) is 2.95. The van der Waals surface area contributed by atoms with Crippen LogP contribution in [0.2, 0.25) is 0 Å². The quantitative estimate of drug-likeness (QED) is 0.893. The number of aryl methyl sites for hydroxylation is 2. The Labute approximate surface area is 135 Å². The van der Waals surface area contributed by atoms with Crippen LogP contribution in [0, 0.1) is 6.92 Å². The van der Waals surface area contributed by atoms with Crippen LogP contribution in [0.15, 0.2) is 30.5 Å². The van der Waals surface area contributed by atoms with Crippen molar-refractivity contribution in [3.8, 4) is 5.75 Å². The second-order valence-corrected chi connectivity index (χ2v) is 5.87. The van der Waals surface area contributed by atoms with E-state index in [1.54, 1.807) is 31.4 Å². The first kappa shape index (κ1) is 15.6. The summed E-state index contributed by atoms with van der Waals surface area (Å²) >= 11 is 0. The average Bonchev–Trinajstić information content (AvgIpc) is 2.93. The largest absolute Gasteiger partial charge is 0.497 e. The molecule has 0 fully saturated rings. The number of carbonyl (C=O) groups excluding carboxylic acids is 1. The Morgan fingerprint density at radius 3 is 3.13 bits per heavy atom. The molecule has 6 nitrogen and oxygen atoms in total. The van der Waals surface area contributed by atoms with Gasteiger partial charge < -0.3 is 19.7 Å². The zero-order chi connectivity index (χ0) is 16.4. The van der Waals surface area contributed by atoms with Crippen LogP contribution in [0.4, 0.5) is 0 Å². The van der Waals surface area contributed by atoms with Crippen LogP contribution in [0.25, 0.3) is 0 Å². The Bertz CT molecular complexity index is 711. The molecule has 0 spiro atoms. The maximum absolute atomic E-state index is 12.3. The summed E-state index contributed by atoms with van der Waals surface area (Å²) in [6, 6.07) is 6.92. The number of ether oxygens (including phenoxy) is 1. The molecule has 0 saturated heterocycles. The van der Waals surface area contributed by atoms with Crippen molar-refractivity contribution in [1.29, 1.82) is 0 Å². The minimum absolute atomic E-state index is 0.00357. The SMILES string of the molecule is COc1cccc(C(O)C(=O)NC2CCc3nc(C)cn3C2)c1. The summed E-state index contributed by atoms with van der Waals surface area (Å²) in [6.45, 7) is 2.65. The molecule has 3 rings (SSSR count). The van der Waals surface area contributed by atoms with Crippen molar-refractivity contribution in [2.24, 2.45) is 0 Å². The number of amides is 1. The van der Waals surface area contributed by atoms with Gasteiger partial charge in [0.1, 0.15) is 11.6 Å². The standard InChI is InChI=1S/C17H21N3O3/c1-11-9-20-10-13(6-7-15(20)18-11)19-17(22)16(21)12-4-3-5-14(8-12)23-2/h3-5,8-9,13,16,21H,6-7,10H2,1-2H3,(H,19,22). The van der Waals surface area contributed by atoms with Crippen molar-refractivity contribution in [3.05, 3.63) is 47.5 Å². The summed E-state index contributed by atoms with van der Waals surface area (Å²) in [6.07, 6.45) is 2.45. The predicted octanol–water partition coefficient (Wildman–Crippen LogP) is 1.36. The molecular formula is C17H21N3O3. The first-order valence-corrected chi connectivity index (χ1v) is 7.72. The van der Waals surface area contributed by atoms with Crippen LogP contribution < -0.4 is 10.1 Å². The number of hydrogen-bond acceptors (Lipinski definition) is 4. The molecule has 1 aromatic heterocycles. The molecule has 2 unspecified atom stereocenters. The predicted molar refractivity (Wildman–Crippen MR) is 85.2 cm³/mol. The lowest BCUT2D eigenvalue weighted by molar-refractivity contribution is -0.130. The highest BCUT2D eigenvalue weighted by molar-refractivity contribution is 5.82. The molecular weight excluding hydrogens is 294 g/mol. The minimum atomic E-state index is -1.20. The third-order valence-corrected chi connectivity index (χ3v) is 4.12. The van der Waals surface area contributed by atoms with Crippen molar-refractivity contribution in [1.82, 2.24) is 14.9 Å². The van der Waals surface area contributed by atoms with E-state index in [9.17, 15) is 9.90 Å².